The molecule has 0 aliphatic heterocycles. The predicted molar refractivity (Wildman–Crippen MR) is 156 cm³/mol. The molecule has 213 valence electrons. The van der Waals surface area contributed by atoms with Gasteiger partial charge in [-0.25, -0.2) is 15.3 Å². The second-order valence-corrected chi connectivity index (χ2v) is 9.03. The van der Waals surface area contributed by atoms with E-state index < -0.39 is 0 Å². The first-order chi connectivity index (χ1) is 18.0. The van der Waals surface area contributed by atoms with Crippen LogP contribution in [0.25, 0.3) is 5.59 Å². The quantitative estimate of drug-likeness (QED) is 0.288. The van der Waals surface area contributed by atoms with Gasteiger partial charge in [0.05, 0.1) is 17.1 Å². The molecule has 2 amide bonds. The average molecular weight is 658 g/mol. The third kappa shape index (κ3) is 13.0. The van der Waals surface area contributed by atoms with E-state index in [0.717, 1.165) is 34.2 Å². The molecule has 0 saturated carbocycles. The van der Waals surface area contributed by atoms with Gasteiger partial charge in [-0.15, -0.1) is 0 Å². The molecule has 0 aliphatic carbocycles. The fourth-order valence-corrected chi connectivity index (χ4v) is 3.76. The van der Waals surface area contributed by atoms with Crippen molar-refractivity contribution in [3.8, 4) is 0 Å². The summed E-state index contributed by atoms with van der Waals surface area (Å²) in [6, 6.07) is 6.22. The number of nitrogens with one attached hydrogen (secondary N) is 2. The van der Waals surface area contributed by atoms with Crippen molar-refractivity contribution in [1.82, 2.24) is 39.7 Å². The molecular formula is C23H37BMoN9O3S2. The van der Waals surface area contributed by atoms with Crippen molar-refractivity contribution < 1.29 is 30.7 Å². The van der Waals surface area contributed by atoms with Crippen LogP contribution in [0.3, 0.4) is 0 Å². The second-order valence-electron chi connectivity index (χ2n) is 8.22. The zero-order valence-electron chi connectivity index (χ0n) is 23.7. The third-order valence-corrected chi connectivity index (χ3v) is 5.41. The molecule has 0 unspecified atom stereocenters. The molecule has 0 atom stereocenters. The standard InChI is InChI=1S/C15H21BN6.2C4H9NOS.Mo.NO/c1-10-7-13(4)20(17-10)16(21-14(5)8-11(2)18-21)22-15(6)9-12(3)19-22;2*1-5-4(6)2-3-7;;1-2/h7-9H,1-6H3;2*7H,2-3H2,1H3,(H,5,6);;/q-1;;;+4;-1/p-2. The summed E-state index contributed by atoms with van der Waals surface area (Å²) in [4.78, 5) is 27.7. The Labute approximate surface area is 256 Å². The minimum absolute atomic E-state index is 0. The SMILES string of the molecule is CNC(=O)CC[S-].CNC(=O)CC[S-].Cc1cc(C)n([B-](n2nc(C)cc2C)n2nc(C)cc2C)n1.[Mo+4].[N-]=O. The molecule has 0 aliphatic rings. The maximum absolute atomic E-state index is 10.2. The summed E-state index contributed by atoms with van der Waals surface area (Å²) in [5, 5.41) is 18.9. The van der Waals surface area contributed by atoms with Gasteiger partial charge in [0.25, 0.3) is 7.12 Å². The molecule has 0 bridgehead atoms. The molecule has 2 N–H and O–H groups in total. The molecule has 1 radical (unpaired) electrons. The first-order valence-corrected chi connectivity index (χ1v) is 13.0. The van der Waals surface area contributed by atoms with Crippen molar-refractivity contribution in [2.24, 2.45) is 0 Å². The zero-order valence-corrected chi connectivity index (χ0v) is 27.4. The summed E-state index contributed by atoms with van der Waals surface area (Å²) < 4.78 is 5.94. The minimum atomic E-state index is -0.226. The van der Waals surface area contributed by atoms with Crippen molar-refractivity contribution in [3.63, 3.8) is 0 Å². The first kappa shape index (κ1) is 38.8. The van der Waals surface area contributed by atoms with Gasteiger partial charge >= 0.3 is 21.1 Å². The van der Waals surface area contributed by atoms with E-state index in [1.54, 1.807) is 14.1 Å². The number of hydrogen-bond acceptors (Lipinski definition) is 8. The Kier molecular flexibility index (Phi) is 20.4. The Balaban J connectivity index is 0. The monoisotopic (exact) mass is 660 g/mol. The molecule has 0 aromatic carbocycles. The topological polar surface area (TPSA) is 151 Å². The maximum Gasteiger partial charge on any atom is 4.00 e. The average Bonchev–Trinajstić information content (AvgIpc) is 3.51. The van der Waals surface area contributed by atoms with Crippen molar-refractivity contribution in [2.45, 2.75) is 54.4 Å². The van der Waals surface area contributed by atoms with Gasteiger partial charge in [-0.3, -0.25) is 9.59 Å². The number of carbonyl (C=O) groups is 2. The Morgan fingerprint density at radius 2 is 0.974 bits per heavy atom. The predicted octanol–water partition coefficient (Wildman–Crippen LogP) is 1.71. The fraction of sp³-hybridized carbons (Fsp3) is 0.522. The molecule has 3 aromatic heterocycles. The van der Waals surface area contributed by atoms with Crippen molar-refractivity contribution in [2.75, 3.05) is 25.6 Å². The Hall–Kier alpha value is -2.38. The van der Waals surface area contributed by atoms with Crippen molar-refractivity contribution in [1.29, 1.82) is 0 Å². The molecule has 3 rings (SSSR count). The van der Waals surface area contributed by atoms with E-state index in [9.17, 15) is 9.59 Å². The summed E-state index contributed by atoms with van der Waals surface area (Å²) in [5.74, 6) is 1.07. The van der Waals surface area contributed by atoms with Gasteiger partial charge in [-0.05, 0) is 76.8 Å². The van der Waals surface area contributed by atoms with E-state index in [1.165, 1.54) is 0 Å². The van der Waals surface area contributed by atoms with Crippen LogP contribution in [0, 0.1) is 46.4 Å². The van der Waals surface area contributed by atoms with Gasteiger partial charge < -0.3 is 60.2 Å². The fourth-order valence-electron chi connectivity index (χ4n) is 3.39. The van der Waals surface area contributed by atoms with Gasteiger partial charge in [0.2, 0.25) is 11.8 Å². The summed E-state index contributed by atoms with van der Waals surface area (Å²) in [5.41, 5.74) is 12.0. The largest absolute Gasteiger partial charge is 4.00 e. The van der Waals surface area contributed by atoms with E-state index in [4.69, 9.17) is 10.5 Å². The molecule has 0 spiro atoms. The minimum Gasteiger partial charge on any atom is -0.792 e. The number of nitrogens with zero attached hydrogens (tertiary/aromatic N) is 7. The number of carbonyl (C=O) groups excluding carboxylic acids is 2. The third-order valence-electron chi connectivity index (χ3n) is 5.01. The van der Waals surface area contributed by atoms with E-state index in [-0.39, 0.29) is 40.0 Å². The van der Waals surface area contributed by atoms with Crippen molar-refractivity contribution in [3.05, 3.63) is 62.9 Å². The van der Waals surface area contributed by atoms with E-state index in [1.807, 2.05) is 34.5 Å². The van der Waals surface area contributed by atoms with Gasteiger partial charge in [-0.1, -0.05) is 0 Å². The van der Waals surface area contributed by atoms with Gasteiger partial charge in [0.1, 0.15) is 0 Å². The van der Waals surface area contributed by atoms with Crippen LogP contribution < -0.4 is 10.6 Å². The summed E-state index contributed by atoms with van der Waals surface area (Å²) >= 11 is 9.07. The van der Waals surface area contributed by atoms with E-state index >= 15 is 0 Å². The van der Waals surface area contributed by atoms with Crippen LogP contribution in [0.2, 0.25) is 0 Å². The molecular weight excluding hydrogens is 621 g/mol. The molecule has 3 aromatic rings. The number of nitroso groups, excluding NO2 is 1. The Bertz CT molecular complexity index is 1030. The molecule has 0 fully saturated rings. The van der Waals surface area contributed by atoms with Crippen LogP contribution in [0.5, 0.6) is 0 Å². The van der Waals surface area contributed by atoms with Crippen molar-refractivity contribution >= 4 is 44.2 Å². The van der Waals surface area contributed by atoms with Crippen LogP contribution in [0.1, 0.15) is 47.0 Å². The zero-order chi connectivity index (χ0) is 29.4. The number of hydrogen-bond donors (Lipinski definition) is 2. The molecule has 12 nitrogen and oxygen atoms in total. The number of aryl methyl sites for hydroxylation is 6. The van der Waals surface area contributed by atoms with E-state index in [2.05, 4.69) is 90.2 Å². The van der Waals surface area contributed by atoms with Crippen LogP contribution in [-0.2, 0) is 55.9 Å². The molecule has 39 heavy (non-hydrogen) atoms. The molecule has 3 heterocycles. The summed E-state index contributed by atoms with van der Waals surface area (Å²) in [7, 11) is 2.98. The number of rotatable bonds is 7. The van der Waals surface area contributed by atoms with Crippen LogP contribution in [0.4, 0.5) is 0 Å². The van der Waals surface area contributed by atoms with Gasteiger partial charge in [-0.2, -0.15) is 11.5 Å². The summed E-state index contributed by atoms with van der Waals surface area (Å²) in [6.45, 7) is 12.2. The van der Waals surface area contributed by atoms with E-state index in [0.29, 0.717) is 24.3 Å². The maximum atomic E-state index is 10.2. The molecule has 0 saturated heterocycles. The normalized spacial score (nSPS) is 9.62. The second kappa shape index (κ2) is 20.5. The Morgan fingerprint density at radius 3 is 1.10 bits per heavy atom. The summed E-state index contributed by atoms with van der Waals surface area (Å²) in [6.07, 6.45) is 0.928. The first-order valence-electron chi connectivity index (χ1n) is 11.8. The smallest absolute Gasteiger partial charge is 0.792 e. The van der Waals surface area contributed by atoms with Crippen LogP contribution in [-0.4, -0.2) is 73.6 Å². The Morgan fingerprint density at radius 1 is 0.718 bits per heavy atom. The molecule has 16 heteroatoms. The van der Waals surface area contributed by atoms with Gasteiger partial charge in [0, 0.05) is 26.9 Å². The number of amides is 2. The van der Waals surface area contributed by atoms with Crippen LogP contribution in [0.15, 0.2) is 18.2 Å². The van der Waals surface area contributed by atoms with Gasteiger partial charge in [0.15, 0.2) is 0 Å². The number of aromatic nitrogens is 6. The van der Waals surface area contributed by atoms with Crippen LogP contribution >= 0.6 is 0 Å².